The summed E-state index contributed by atoms with van der Waals surface area (Å²) in [5.41, 5.74) is 0.409. The molecule has 1 fully saturated rings. The van der Waals surface area contributed by atoms with Crippen molar-refractivity contribution in [3.8, 4) is 17.2 Å². The van der Waals surface area contributed by atoms with Crippen LogP contribution in [0.15, 0.2) is 12.1 Å². The Balaban J connectivity index is 1.93. The lowest BCUT2D eigenvalue weighted by Crippen LogP contribution is -2.49. The zero-order chi connectivity index (χ0) is 15.4. The SMILES string of the molecule is CC(NCc1ccc(O)c(O)c1O)C(=O)N1CCOCC1. The number of nitrogens with one attached hydrogen (secondary N) is 1. The maximum absolute atomic E-state index is 12.2. The second-order valence-corrected chi connectivity index (χ2v) is 4.98. The minimum absolute atomic E-state index is 0.0270. The van der Waals surface area contributed by atoms with Crippen LogP contribution in [0.5, 0.6) is 17.2 Å². The molecule has 1 heterocycles. The van der Waals surface area contributed by atoms with Gasteiger partial charge in [0.15, 0.2) is 11.5 Å². The number of hydrogen-bond donors (Lipinski definition) is 4. The van der Waals surface area contributed by atoms with Crippen molar-refractivity contribution in [1.29, 1.82) is 0 Å². The van der Waals surface area contributed by atoms with Crippen molar-refractivity contribution < 1.29 is 24.9 Å². The minimum Gasteiger partial charge on any atom is -0.504 e. The highest BCUT2D eigenvalue weighted by Crippen LogP contribution is 2.36. The van der Waals surface area contributed by atoms with E-state index in [1.165, 1.54) is 12.1 Å². The Morgan fingerprint density at radius 2 is 1.95 bits per heavy atom. The molecule has 7 heteroatoms. The summed E-state index contributed by atoms with van der Waals surface area (Å²) in [6, 6.07) is 2.36. The molecule has 2 rings (SSSR count). The number of amides is 1. The van der Waals surface area contributed by atoms with Gasteiger partial charge in [-0.15, -0.1) is 0 Å². The lowest BCUT2D eigenvalue weighted by Gasteiger charge is -2.29. The molecule has 1 unspecified atom stereocenters. The Kier molecular flexibility index (Phi) is 4.87. The summed E-state index contributed by atoms with van der Waals surface area (Å²) in [5, 5.41) is 31.4. The summed E-state index contributed by atoms with van der Waals surface area (Å²) in [6.45, 7) is 4.20. The van der Waals surface area contributed by atoms with E-state index in [4.69, 9.17) is 4.74 Å². The Morgan fingerprint density at radius 1 is 1.29 bits per heavy atom. The predicted octanol–water partition coefficient (Wildman–Crippen LogP) is 0.140. The topological polar surface area (TPSA) is 102 Å². The summed E-state index contributed by atoms with van der Waals surface area (Å²) in [5.74, 6) is -1.34. The van der Waals surface area contributed by atoms with Crippen molar-refractivity contribution >= 4 is 5.91 Å². The van der Waals surface area contributed by atoms with Crippen molar-refractivity contribution in [2.45, 2.75) is 19.5 Å². The summed E-state index contributed by atoms with van der Waals surface area (Å²) < 4.78 is 5.20. The van der Waals surface area contributed by atoms with E-state index in [2.05, 4.69) is 5.32 Å². The van der Waals surface area contributed by atoms with Crippen LogP contribution in [-0.2, 0) is 16.1 Å². The molecule has 7 nitrogen and oxygen atoms in total. The van der Waals surface area contributed by atoms with Crippen LogP contribution in [0, 0.1) is 0 Å². The molecular formula is C14H20N2O5. The third-order valence-electron chi connectivity index (χ3n) is 3.51. The van der Waals surface area contributed by atoms with Crippen LogP contribution in [0.4, 0.5) is 0 Å². The fourth-order valence-electron chi connectivity index (χ4n) is 2.16. The van der Waals surface area contributed by atoms with Gasteiger partial charge < -0.3 is 30.3 Å². The van der Waals surface area contributed by atoms with Gasteiger partial charge in [0.2, 0.25) is 11.7 Å². The number of rotatable bonds is 4. The summed E-state index contributed by atoms with van der Waals surface area (Å²) in [6.07, 6.45) is 0. The monoisotopic (exact) mass is 296 g/mol. The van der Waals surface area contributed by atoms with Gasteiger partial charge in [0, 0.05) is 25.2 Å². The lowest BCUT2D eigenvalue weighted by atomic mass is 10.1. The molecule has 4 N–H and O–H groups in total. The molecule has 0 aromatic heterocycles. The van der Waals surface area contributed by atoms with E-state index in [1.54, 1.807) is 11.8 Å². The predicted molar refractivity (Wildman–Crippen MR) is 75.1 cm³/mol. The van der Waals surface area contributed by atoms with Gasteiger partial charge in [-0.05, 0) is 13.0 Å². The van der Waals surface area contributed by atoms with Gasteiger partial charge in [-0.2, -0.15) is 0 Å². The average molecular weight is 296 g/mol. The number of phenolic OH excluding ortho intramolecular Hbond substituents is 3. The first-order valence-electron chi connectivity index (χ1n) is 6.83. The number of ether oxygens (including phenoxy) is 1. The number of aromatic hydroxyl groups is 3. The van der Waals surface area contributed by atoms with E-state index >= 15 is 0 Å². The molecule has 0 bridgehead atoms. The van der Waals surface area contributed by atoms with Crippen LogP contribution in [0.25, 0.3) is 0 Å². The van der Waals surface area contributed by atoms with Crippen molar-refractivity contribution in [1.82, 2.24) is 10.2 Å². The van der Waals surface area contributed by atoms with Gasteiger partial charge >= 0.3 is 0 Å². The number of phenols is 3. The van der Waals surface area contributed by atoms with Gasteiger partial charge in [0.25, 0.3) is 0 Å². The van der Waals surface area contributed by atoms with E-state index in [0.717, 1.165) is 0 Å². The van der Waals surface area contributed by atoms with Gasteiger partial charge in [-0.3, -0.25) is 4.79 Å². The summed E-state index contributed by atoms with van der Waals surface area (Å²) >= 11 is 0. The third kappa shape index (κ3) is 3.56. The van der Waals surface area contributed by atoms with E-state index in [0.29, 0.717) is 31.9 Å². The first kappa shape index (κ1) is 15.4. The first-order valence-corrected chi connectivity index (χ1v) is 6.83. The number of carbonyl (C=O) groups excluding carboxylic acids is 1. The highest BCUT2D eigenvalue weighted by atomic mass is 16.5. The molecule has 116 valence electrons. The minimum atomic E-state index is -0.554. The van der Waals surface area contributed by atoms with E-state index < -0.39 is 11.8 Å². The van der Waals surface area contributed by atoms with E-state index in [-0.39, 0.29) is 24.0 Å². The van der Waals surface area contributed by atoms with Crippen LogP contribution in [0.1, 0.15) is 12.5 Å². The van der Waals surface area contributed by atoms with Gasteiger partial charge in [0.1, 0.15) is 0 Å². The molecule has 0 saturated carbocycles. The molecule has 0 radical (unpaired) electrons. The summed E-state index contributed by atoms with van der Waals surface area (Å²) in [4.78, 5) is 13.9. The number of benzene rings is 1. The Morgan fingerprint density at radius 3 is 2.62 bits per heavy atom. The lowest BCUT2D eigenvalue weighted by molar-refractivity contribution is -0.137. The molecule has 1 aliphatic rings. The van der Waals surface area contributed by atoms with Crippen LogP contribution in [0.3, 0.4) is 0 Å². The zero-order valence-corrected chi connectivity index (χ0v) is 11.9. The molecule has 1 aliphatic heterocycles. The number of morpholine rings is 1. The molecule has 1 aromatic carbocycles. The number of nitrogens with zero attached hydrogens (tertiary/aromatic N) is 1. The normalized spacial score (nSPS) is 16.7. The largest absolute Gasteiger partial charge is 0.504 e. The molecule has 21 heavy (non-hydrogen) atoms. The molecule has 1 aromatic rings. The standard InChI is InChI=1S/C14H20N2O5/c1-9(14(20)16-4-6-21-7-5-16)15-8-10-2-3-11(17)13(19)12(10)18/h2-3,9,15,17-19H,4-8H2,1H3. The van der Waals surface area contributed by atoms with Crippen LogP contribution >= 0.6 is 0 Å². The second kappa shape index (κ2) is 6.64. The van der Waals surface area contributed by atoms with Gasteiger partial charge in [-0.1, -0.05) is 6.07 Å². The molecule has 1 atom stereocenters. The van der Waals surface area contributed by atoms with Gasteiger partial charge in [0.05, 0.1) is 19.3 Å². The zero-order valence-electron chi connectivity index (χ0n) is 11.9. The van der Waals surface area contributed by atoms with Crippen LogP contribution in [0.2, 0.25) is 0 Å². The van der Waals surface area contributed by atoms with Crippen molar-refractivity contribution in [2.24, 2.45) is 0 Å². The fraction of sp³-hybridized carbons (Fsp3) is 0.500. The molecule has 1 amide bonds. The maximum Gasteiger partial charge on any atom is 0.239 e. The molecule has 0 aliphatic carbocycles. The summed E-state index contributed by atoms with van der Waals surface area (Å²) in [7, 11) is 0. The number of carbonyl (C=O) groups is 1. The van der Waals surface area contributed by atoms with Gasteiger partial charge in [-0.25, -0.2) is 0 Å². The Bertz CT molecular complexity index is 514. The molecular weight excluding hydrogens is 276 g/mol. The Hall–Kier alpha value is -1.99. The smallest absolute Gasteiger partial charge is 0.239 e. The van der Waals surface area contributed by atoms with Crippen molar-refractivity contribution in [3.05, 3.63) is 17.7 Å². The van der Waals surface area contributed by atoms with E-state index in [9.17, 15) is 20.1 Å². The van der Waals surface area contributed by atoms with Crippen molar-refractivity contribution in [3.63, 3.8) is 0 Å². The molecule has 0 spiro atoms. The maximum atomic E-state index is 12.2. The number of hydrogen-bond acceptors (Lipinski definition) is 6. The first-order chi connectivity index (χ1) is 10.0. The van der Waals surface area contributed by atoms with Crippen molar-refractivity contribution in [2.75, 3.05) is 26.3 Å². The van der Waals surface area contributed by atoms with Crippen LogP contribution in [-0.4, -0.2) is 58.5 Å². The highest BCUT2D eigenvalue weighted by molar-refractivity contribution is 5.81. The van der Waals surface area contributed by atoms with Crippen LogP contribution < -0.4 is 5.32 Å². The Labute approximate surface area is 122 Å². The third-order valence-corrected chi connectivity index (χ3v) is 3.51. The second-order valence-electron chi connectivity index (χ2n) is 4.98. The average Bonchev–Trinajstić information content (AvgIpc) is 2.52. The fourth-order valence-corrected chi connectivity index (χ4v) is 2.16. The highest BCUT2D eigenvalue weighted by Gasteiger charge is 2.22. The van der Waals surface area contributed by atoms with E-state index in [1.807, 2.05) is 0 Å². The quantitative estimate of drug-likeness (QED) is 0.590. The molecule has 1 saturated heterocycles.